The summed E-state index contributed by atoms with van der Waals surface area (Å²) in [6, 6.07) is 12.9. The fourth-order valence-corrected chi connectivity index (χ4v) is 1.90. The fourth-order valence-electron chi connectivity index (χ4n) is 1.90. The van der Waals surface area contributed by atoms with E-state index in [0.29, 0.717) is 11.4 Å². The van der Waals surface area contributed by atoms with Gasteiger partial charge in [0.2, 0.25) is 5.95 Å². The molecular formula is C15H13N5O. The third kappa shape index (κ3) is 2.94. The fraction of sp³-hybridized carbons (Fsp3) is 0.0667. The Morgan fingerprint density at radius 3 is 2.57 bits per heavy atom. The largest absolute Gasteiger partial charge is 0.289 e. The Kier molecular flexibility index (Phi) is 3.42. The number of benzene rings is 1. The van der Waals surface area contributed by atoms with Crippen molar-refractivity contribution in [3.63, 3.8) is 0 Å². The molecule has 0 fully saturated rings. The van der Waals surface area contributed by atoms with Crippen LogP contribution >= 0.6 is 0 Å². The van der Waals surface area contributed by atoms with E-state index in [1.165, 1.54) is 0 Å². The van der Waals surface area contributed by atoms with Crippen molar-refractivity contribution in [1.29, 1.82) is 0 Å². The van der Waals surface area contributed by atoms with Gasteiger partial charge in [-0.25, -0.2) is 0 Å². The molecule has 0 aliphatic carbocycles. The van der Waals surface area contributed by atoms with Crippen molar-refractivity contribution in [3.8, 4) is 11.3 Å². The predicted molar refractivity (Wildman–Crippen MR) is 78.7 cm³/mol. The zero-order valence-corrected chi connectivity index (χ0v) is 11.4. The molecule has 0 radical (unpaired) electrons. The van der Waals surface area contributed by atoms with Crippen molar-refractivity contribution in [3.05, 3.63) is 60.0 Å². The molecule has 3 rings (SSSR count). The third-order valence-electron chi connectivity index (χ3n) is 2.93. The van der Waals surface area contributed by atoms with Crippen LogP contribution in [0.1, 0.15) is 16.2 Å². The van der Waals surface area contributed by atoms with Gasteiger partial charge < -0.3 is 0 Å². The van der Waals surface area contributed by atoms with Crippen LogP contribution in [0.25, 0.3) is 11.3 Å². The number of aromatic nitrogens is 4. The van der Waals surface area contributed by atoms with Gasteiger partial charge >= 0.3 is 0 Å². The molecule has 0 spiro atoms. The van der Waals surface area contributed by atoms with Crippen molar-refractivity contribution >= 4 is 11.9 Å². The summed E-state index contributed by atoms with van der Waals surface area (Å²) in [5, 5.41) is 9.17. The number of aromatic amines is 1. The SMILES string of the molecule is Cc1nc(NC(=O)c2ccc(-c3ccccn3)cc2)n[nH]1. The van der Waals surface area contributed by atoms with Gasteiger partial charge in [-0.05, 0) is 31.2 Å². The highest BCUT2D eigenvalue weighted by atomic mass is 16.1. The van der Waals surface area contributed by atoms with Crippen molar-refractivity contribution in [2.75, 3.05) is 5.32 Å². The highest BCUT2D eigenvalue weighted by molar-refractivity contribution is 6.03. The summed E-state index contributed by atoms with van der Waals surface area (Å²) in [5.41, 5.74) is 2.37. The first kappa shape index (κ1) is 13.0. The molecule has 1 amide bonds. The summed E-state index contributed by atoms with van der Waals surface area (Å²) in [4.78, 5) is 20.4. The lowest BCUT2D eigenvalue weighted by Gasteiger charge is -2.03. The number of hydrogen-bond acceptors (Lipinski definition) is 4. The van der Waals surface area contributed by atoms with Gasteiger partial charge in [-0.3, -0.25) is 20.2 Å². The minimum absolute atomic E-state index is 0.249. The summed E-state index contributed by atoms with van der Waals surface area (Å²) >= 11 is 0. The van der Waals surface area contributed by atoms with Crippen molar-refractivity contribution in [2.45, 2.75) is 6.92 Å². The number of nitrogens with one attached hydrogen (secondary N) is 2. The van der Waals surface area contributed by atoms with Gasteiger partial charge in [0.15, 0.2) is 0 Å². The van der Waals surface area contributed by atoms with Gasteiger partial charge in [-0.2, -0.15) is 4.98 Å². The molecule has 0 atom stereocenters. The zero-order chi connectivity index (χ0) is 14.7. The average Bonchev–Trinajstić information content (AvgIpc) is 2.93. The van der Waals surface area contributed by atoms with E-state index in [4.69, 9.17) is 0 Å². The molecule has 3 aromatic rings. The Hall–Kier alpha value is -3.02. The Bertz CT molecular complexity index is 749. The van der Waals surface area contributed by atoms with Crippen LogP contribution in [0, 0.1) is 6.92 Å². The van der Waals surface area contributed by atoms with Gasteiger partial charge in [0, 0.05) is 17.3 Å². The molecule has 0 aliphatic heterocycles. The van der Waals surface area contributed by atoms with Gasteiger partial charge in [0.25, 0.3) is 5.91 Å². The zero-order valence-electron chi connectivity index (χ0n) is 11.4. The van der Waals surface area contributed by atoms with E-state index in [1.807, 2.05) is 30.3 Å². The molecule has 0 saturated heterocycles. The third-order valence-corrected chi connectivity index (χ3v) is 2.93. The number of rotatable bonds is 3. The Morgan fingerprint density at radius 1 is 1.14 bits per heavy atom. The molecule has 6 nitrogen and oxygen atoms in total. The van der Waals surface area contributed by atoms with E-state index in [2.05, 4.69) is 25.5 Å². The van der Waals surface area contributed by atoms with E-state index in [-0.39, 0.29) is 11.9 Å². The minimum atomic E-state index is -0.249. The van der Waals surface area contributed by atoms with E-state index < -0.39 is 0 Å². The second-order valence-electron chi connectivity index (χ2n) is 4.49. The molecule has 0 saturated carbocycles. The molecule has 21 heavy (non-hydrogen) atoms. The summed E-state index contributed by atoms with van der Waals surface area (Å²) < 4.78 is 0. The lowest BCUT2D eigenvalue weighted by Crippen LogP contribution is -2.12. The molecule has 0 unspecified atom stereocenters. The van der Waals surface area contributed by atoms with Crippen molar-refractivity contribution in [2.24, 2.45) is 0 Å². The monoisotopic (exact) mass is 279 g/mol. The summed E-state index contributed by atoms with van der Waals surface area (Å²) in [6.07, 6.45) is 1.74. The number of hydrogen-bond donors (Lipinski definition) is 2. The van der Waals surface area contributed by atoms with Crippen molar-refractivity contribution < 1.29 is 4.79 Å². The minimum Gasteiger partial charge on any atom is -0.289 e. The molecule has 104 valence electrons. The van der Waals surface area contributed by atoms with Crippen LogP contribution in [0.2, 0.25) is 0 Å². The number of amides is 1. The highest BCUT2D eigenvalue weighted by Gasteiger charge is 2.09. The van der Waals surface area contributed by atoms with Crippen LogP contribution in [0.3, 0.4) is 0 Å². The Balaban J connectivity index is 1.76. The first-order valence-corrected chi connectivity index (χ1v) is 6.44. The van der Waals surface area contributed by atoms with E-state index >= 15 is 0 Å². The maximum Gasteiger partial charge on any atom is 0.258 e. The van der Waals surface area contributed by atoms with Gasteiger partial charge in [-0.1, -0.05) is 18.2 Å². The molecule has 0 bridgehead atoms. The first-order valence-electron chi connectivity index (χ1n) is 6.44. The molecule has 2 aromatic heterocycles. The van der Waals surface area contributed by atoms with Crippen LogP contribution in [-0.4, -0.2) is 26.1 Å². The number of carbonyl (C=O) groups is 1. The lowest BCUT2D eigenvalue weighted by molar-refractivity contribution is 0.102. The number of anilines is 1. The standard InChI is InChI=1S/C15H13N5O/c1-10-17-15(20-19-10)18-14(21)12-7-5-11(6-8-12)13-4-2-3-9-16-13/h2-9H,1H3,(H2,17,18,19,20,21). The van der Waals surface area contributed by atoms with Crippen LogP contribution in [0.4, 0.5) is 5.95 Å². The maximum atomic E-state index is 12.1. The highest BCUT2D eigenvalue weighted by Crippen LogP contribution is 2.17. The van der Waals surface area contributed by atoms with Crippen LogP contribution in [0.5, 0.6) is 0 Å². The molecule has 2 heterocycles. The summed E-state index contributed by atoms with van der Waals surface area (Å²) in [5.74, 6) is 0.670. The van der Waals surface area contributed by atoms with Crippen LogP contribution < -0.4 is 5.32 Å². The topological polar surface area (TPSA) is 83.6 Å². The van der Waals surface area contributed by atoms with Crippen LogP contribution in [-0.2, 0) is 0 Å². The number of nitrogens with zero attached hydrogens (tertiary/aromatic N) is 3. The molecule has 1 aromatic carbocycles. The van der Waals surface area contributed by atoms with Gasteiger partial charge in [0.05, 0.1) is 5.69 Å². The van der Waals surface area contributed by atoms with E-state index in [9.17, 15) is 4.79 Å². The molecular weight excluding hydrogens is 266 g/mol. The lowest BCUT2D eigenvalue weighted by atomic mass is 10.1. The molecule has 2 N–H and O–H groups in total. The predicted octanol–water partition coefficient (Wildman–Crippen LogP) is 2.43. The van der Waals surface area contributed by atoms with Gasteiger partial charge in [0.1, 0.15) is 5.82 Å². The number of pyridine rings is 1. The van der Waals surface area contributed by atoms with Gasteiger partial charge in [-0.15, -0.1) is 5.10 Å². The van der Waals surface area contributed by atoms with Crippen molar-refractivity contribution in [1.82, 2.24) is 20.2 Å². The normalized spacial score (nSPS) is 10.3. The molecule has 0 aliphatic rings. The van der Waals surface area contributed by atoms with E-state index in [0.717, 1.165) is 11.3 Å². The number of carbonyl (C=O) groups excluding carboxylic acids is 1. The Morgan fingerprint density at radius 2 is 1.95 bits per heavy atom. The van der Waals surface area contributed by atoms with E-state index in [1.54, 1.807) is 25.3 Å². The molecule has 6 heteroatoms. The average molecular weight is 279 g/mol. The summed E-state index contributed by atoms with van der Waals surface area (Å²) in [7, 11) is 0. The Labute approximate surface area is 121 Å². The maximum absolute atomic E-state index is 12.1. The smallest absolute Gasteiger partial charge is 0.258 e. The van der Waals surface area contributed by atoms with Crippen LogP contribution in [0.15, 0.2) is 48.7 Å². The quantitative estimate of drug-likeness (QED) is 0.771. The number of H-pyrrole nitrogens is 1. The second kappa shape index (κ2) is 5.54. The first-order chi connectivity index (χ1) is 10.2. The number of aryl methyl sites for hydroxylation is 1. The summed E-state index contributed by atoms with van der Waals surface area (Å²) in [6.45, 7) is 1.77. The second-order valence-corrected chi connectivity index (χ2v) is 4.49.